The molecule has 0 bridgehead atoms. The van der Waals surface area contributed by atoms with Gasteiger partial charge in [0.15, 0.2) is 6.61 Å². The van der Waals surface area contributed by atoms with Gasteiger partial charge in [-0.25, -0.2) is 0 Å². The molecular formula is C16H13F3N3NaO2S. The summed E-state index contributed by atoms with van der Waals surface area (Å²) in [5.41, 5.74) is 2.07. The minimum Gasteiger partial charge on any atom is -0.484 e. The first kappa shape index (κ1) is 20.9. The van der Waals surface area contributed by atoms with E-state index in [0.717, 1.165) is 0 Å². The van der Waals surface area contributed by atoms with Crippen LogP contribution in [0.5, 0.6) is 5.75 Å². The van der Waals surface area contributed by atoms with E-state index < -0.39 is 23.6 Å². The number of ether oxygens (including phenoxy) is 1. The number of alkyl halides is 3. The van der Waals surface area contributed by atoms with Crippen LogP contribution in [-0.2, 0) is 16.6 Å². The smallest absolute Gasteiger partial charge is 0.484 e. The molecule has 0 aliphatic carbocycles. The van der Waals surface area contributed by atoms with E-state index in [0.29, 0.717) is 22.3 Å². The number of rotatable bonds is 5. The third kappa shape index (κ3) is 5.06. The number of para-hydroxylation sites is 2. The molecule has 0 spiro atoms. The van der Waals surface area contributed by atoms with Crippen molar-refractivity contribution < 1.29 is 51.7 Å². The average molecular weight is 391 g/mol. The van der Waals surface area contributed by atoms with Gasteiger partial charge in [0.2, 0.25) is 0 Å². The average Bonchev–Trinajstić information content (AvgIpc) is 2.99. The fourth-order valence-corrected chi connectivity index (χ4v) is 3.26. The molecule has 3 aromatic rings. The number of imidazole rings is 1. The van der Waals surface area contributed by atoms with Crippen molar-refractivity contribution in [3.05, 3.63) is 47.8 Å². The SMILES string of the molecule is Cc1c(OCC(F)(F)F)ccnc1CS(=O)c1nc2ccccc2[n-]1.[Na+]. The van der Waals surface area contributed by atoms with Crippen LogP contribution in [0.1, 0.15) is 11.3 Å². The Bertz CT molecular complexity index is 897. The number of halogens is 3. The van der Waals surface area contributed by atoms with Crippen molar-refractivity contribution >= 4 is 21.8 Å². The van der Waals surface area contributed by atoms with Crippen molar-refractivity contribution in [2.24, 2.45) is 0 Å². The van der Waals surface area contributed by atoms with E-state index in [1.165, 1.54) is 12.3 Å². The van der Waals surface area contributed by atoms with Crippen molar-refractivity contribution in [3.8, 4) is 5.75 Å². The Balaban J connectivity index is 0.00000243. The summed E-state index contributed by atoms with van der Waals surface area (Å²) in [6.07, 6.45) is -3.10. The van der Waals surface area contributed by atoms with Gasteiger partial charge >= 0.3 is 35.7 Å². The summed E-state index contributed by atoms with van der Waals surface area (Å²) >= 11 is 0. The van der Waals surface area contributed by atoms with Gasteiger partial charge in [-0.1, -0.05) is 24.3 Å². The van der Waals surface area contributed by atoms with Gasteiger partial charge in [0.1, 0.15) is 5.75 Å². The maximum absolute atomic E-state index is 12.5. The van der Waals surface area contributed by atoms with Gasteiger partial charge < -0.3 is 14.7 Å². The van der Waals surface area contributed by atoms with Crippen LogP contribution in [0.15, 0.2) is 41.7 Å². The van der Waals surface area contributed by atoms with Gasteiger partial charge in [-0.15, -0.1) is 0 Å². The second kappa shape index (κ2) is 8.51. The first-order chi connectivity index (χ1) is 11.8. The van der Waals surface area contributed by atoms with Crippen LogP contribution in [0.2, 0.25) is 0 Å². The Morgan fingerprint density at radius 1 is 1.23 bits per heavy atom. The van der Waals surface area contributed by atoms with Crippen LogP contribution >= 0.6 is 0 Å². The van der Waals surface area contributed by atoms with Crippen LogP contribution < -0.4 is 39.3 Å². The Morgan fingerprint density at radius 3 is 2.65 bits per heavy atom. The molecule has 1 aromatic carbocycles. The number of benzene rings is 1. The molecule has 132 valence electrons. The Hall–Kier alpha value is -1.42. The van der Waals surface area contributed by atoms with Crippen molar-refractivity contribution in [2.75, 3.05) is 6.61 Å². The quantitative estimate of drug-likeness (QED) is 0.580. The standard InChI is InChI=1S/C16H13F3N3O2S.Na/c1-10-13(20-7-6-14(10)24-9-16(17,18)19)8-25(23)15-21-11-4-2-3-5-12(11)22-15;/h2-7H,8-9H2,1H3;/q-1;+1. The minimum absolute atomic E-state index is 0. The zero-order valence-electron chi connectivity index (χ0n) is 14.1. The minimum atomic E-state index is -4.43. The molecule has 26 heavy (non-hydrogen) atoms. The number of nitrogens with zero attached hydrogens (tertiary/aromatic N) is 3. The zero-order chi connectivity index (χ0) is 18.0. The topological polar surface area (TPSA) is 66.2 Å². The fraction of sp³-hybridized carbons (Fsp3) is 0.250. The fourth-order valence-electron chi connectivity index (χ4n) is 2.20. The predicted octanol–water partition coefficient (Wildman–Crippen LogP) is 0.148. The summed E-state index contributed by atoms with van der Waals surface area (Å²) in [4.78, 5) is 12.5. The van der Waals surface area contributed by atoms with Crippen molar-refractivity contribution in [1.29, 1.82) is 0 Å². The molecule has 0 N–H and O–H groups in total. The van der Waals surface area contributed by atoms with Crippen LogP contribution in [0.3, 0.4) is 0 Å². The molecule has 0 amide bonds. The summed E-state index contributed by atoms with van der Waals surface area (Å²) in [6, 6.07) is 8.48. The molecule has 10 heteroatoms. The molecule has 5 nitrogen and oxygen atoms in total. The number of aromatic nitrogens is 3. The Labute approximate surface area is 172 Å². The molecule has 0 saturated carbocycles. The van der Waals surface area contributed by atoms with Gasteiger partial charge in [-0.3, -0.25) is 9.19 Å². The summed E-state index contributed by atoms with van der Waals surface area (Å²) in [7, 11) is -1.57. The molecule has 0 aliphatic heterocycles. The van der Waals surface area contributed by atoms with E-state index in [-0.39, 0.29) is 46.2 Å². The molecule has 3 rings (SSSR count). The Morgan fingerprint density at radius 2 is 1.96 bits per heavy atom. The molecule has 2 aromatic heterocycles. The van der Waals surface area contributed by atoms with Gasteiger partial charge in [0.25, 0.3) is 0 Å². The van der Waals surface area contributed by atoms with Gasteiger partial charge in [0.05, 0.1) is 22.2 Å². The van der Waals surface area contributed by atoms with Crippen LogP contribution in [0.25, 0.3) is 11.0 Å². The summed E-state index contributed by atoms with van der Waals surface area (Å²) in [6.45, 7) is 0.186. The monoisotopic (exact) mass is 391 g/mol. The van der Waals surface area contributed by atoms with E-state index in [1.54, 1.807) is 31.2 Å². The first-order valence-corrected chi connectivity index (χ1v) is 8.57. The van der Waals surface area contributed by atoms with E-state index in [9.17, 15) is 17.4 Å². The maximum atomic E-state index is 12.5. The van der Waals surface area contributed by atoms with E-state index in [2.05, 4.69) is 15.0 Å². The first-order valence-electron chi connectivity index (χ1n) is 7.25. The molecule has 2 heterocycles. The number of pyridine rings is 1. The number of hydrogen-bond acceptors (Lipinski definition) is 4. The van der Waals surface area contributed by atoms with Gasteiger partial charge in [-0.05, 0) is 24.0 Å². The van der Waals surface area contributed by atoms with Crippen LogP contribution in [0.4, 0.5) is 13.2 Å². The van der Waals surface area contributed by atoms with Crippen LogP contribution in [0, 0.1) is 6.92 Å². The summed E-state index contributed by atoms with van der Waals surface area (Å²) in [5, 5.41) is 0.170. The molecule has 1 atom stereocenters. The maximum Gasteiger partial charge on any atom is 1.00 e. The number of fused-ring (bicyclic) bond motifs is 1. The number of hydrogen-bond donors (Lipinski definition) is 0. The van der Waals surface area contributed by atoms with E-state index >= 15 is 0 Å². The van der Waals surface area contributed by atoms with E-state index in [1.807, 2.05) is 0 Å². The normalized spacial score (nSPS) is 12.6. The molecule has 0 fully saturated rings. The molecular weight excluding hydrogens is 378 g/mol. The predicted molar refractivity (Wildman–Crippen MR) is 85.7 cm³/mol. The molecule has 0 saturated heterocycles. The second-order valence-electron chi connectivity index (χ2n) is 5.27. The second-order valence-corrected chi connectivity index (χ2v) is 6.61. The summed E-state index contributed by atoms with van der Waals surface area (Å²) < 4.78 is 54.2. The molecule has 0 aliphatic rings. The molecule has 0 radical (unpaired) electrons. The third-order valence-corrected chi connectivity index (χ3v) is 4.56. The largest absolute Gasteiger partial charge is 1.00 e. The van der Waals surface area contributed by atoms with Crippen molar-refractivity contribution in [1.82, 2.24) is 15.0 Å². The van der Waals surface area contributed by atoms with Gasteiger partial charge in [-0.2, -0.15) is 13.2 Å². The van der Waals surface area contributed by atoms with Gasteiger partial charge in [0, 0.05) is 16.9 Å². The van der Waals surface area contributed by atoms with Crippen LogP contribution in [-0.4, -0.2) is 27.0 Å². The third-order valence-electron chi connectivity index (χ3n) is 3.44. The summed E-state index contributed by atoms with van der Waals surface area (Å²) in [5.74, 6) is 0.0543. The van der Waals surface area contributed by atoms with E-state index in [4.69, 9.17) is 4.74 Å². The molecule has 1 unspecified atom stereocenters. The van der Waals surface area contributed by atoms with Crippen molar-refractivity contribution in [3.63, 3.8) is 0 Å². The van der Waals surface area contributed by atoms with Crippen molar-refractivity contribution in [2.45, 2.75) is 24.0 Å². The zero-order valence-corrected chi connectivity index (χ0v) is 16.9. The Kier molecular flexibility index (Phi) is 6.84.